The first-order valence-electron chi connectivity index (χ1n) is 9.25. The van der Waals surface area contributed by atoms with Gasteiger partial charge >= 0.3 is 6.03 Å². The lowest BCUT2D eigenvalue weighted by atomic mass is 10.0. The number of piperidine rings is 1. The van der Waals surface area contributed by atoms with Gasteiger partial charge in [-0.1, -0.05) is 30.7 Å². The second kappa shape index (κ2) is 7.06. The van der Waals surface area contributed by atoms with Crippen LogP contribution in [0.25, 0.3) is 0 Å². The van der Waals surface area contributed by atoms with E-state index < -0.39 is 0 Å². The van der Waals surface area contributed by atoms with Gasteiger partial charge in [-0.05, 0) is 43.2 Å². The van der Waals surface area contributed by atoms with Crippen molar-refractivity contribution < 1.29 is 9.59 Å². The molecule has 3 rings (SSSR count). The average Bonchev–Trinajstić information content (AvgIpc) is 2.89. The van der Waals surface area contributed by atoms with E-state index in [0.29, 0.717) is 19.0 Å². The second-order valence-corrected chi connectivity index (χ2v) is 7.66. The van der Waals surface area contributed by atoms with Crippen LogP contribution in [-0.2, 0) is 11.2 Å². The molecule has 2 atom stereocenters. The highest BCUT2D eigenvalue weighted by molar-refractivity contribution is 5.75. The molecule has 0 unspecified atom stereocenters. The first kappa shape index (κ1) is 17.8. The summed E-state index contributed by atoms with van der Waals surface area (Å²) in [5.74, 6) is 0.511. The normalized spacial score (nSPS) is 23.3. The molecule has 0 radical (unpaired) electrons. The number of rotatable bonds is 2. The minimum Gasteiger partial charge on any atom is -0.343 e. The number of carbonyl (C=O) groups excluding carboxylic acids is 2. The van der Waals surface area contributed by atoms with Crippen molar-refractivity contribution in [3.05, 3.63) is 34.9 Å². The molecule has 1 N–H and O–H groups in total. The summed E-state index contributed by atoms with van der Waals surface area (Å²) in [6.45, 7) is 7.30. The Bertz CT molecular complexity index is 665. The number of fused-ring (bicyclic) bond motifs is 1. The van der Waals surface area contributed by atoms with Crippen LogP contribution >= 0.6 is 0 Å². The summed E-state index contributed by atoms with van der Waals surface area (Å²) in [5, 5.41) is 3.26. The molecule has 1 saturated heterocycles. The smallest absolute Gasteiger partial charge is 0.317 e. The van der Waals surface area contributed by atoms with Gasteiger partial charge in [0, 0.05) is 33.1 Å². The molecule has 0 aromatic heterocycles. The Hall–Kier alpha value is -2.04. The highest BCUT2D eigenvalue weighted by Crippen LogP contribution is 2.36. The van der Waals surface area contributed by atoms with Gasteiger partial charge in [-0.3, -0.25) is 4.79 Å². The van der Waals surface area contributed by atoms with Gasteiger partial charge in [-0.15, -0.1) is 0 Å². The number of urea groups is 1. The second-order valence-electron chi connectivity index (χ2n) is 7.66. The van der Waals surface area contributed by atoms with E-state index in [1.54, 1.807) is 11.8 Å². The molecule has 1 heterocycles. The zero-order valence-electron chi connectivity index (χ0n) is 15.7. The molecular formula is C20H29N3O2. The zero-order chi connectivity index (χ0) is 18.1. The molecule has 0 saturated carbocycles. The van der Waals surface area contributed by atoms with Crippen LogP contribution in [0.1, 0.15) is 49.4 Å². The van der Waals surface area contributed by atoms with Crippen molar-refractivity contribution >= 4 is 11.9 Å². The van der Waals surface area contributed by atoms with Crippen LogP contribution in [0.2, 0.25) is 0 Å². The number of nitrogens with zero attached hydrogens (tertiary/aromatic N) is 2. The number of amides is 3. The lowest BCUT2D eigenvalue weighted by molar-refractivity contribution is -0.130. The molecular weight excluding hydrogens is 314 g/mol. The van der Waals surface area contributed by atoms with E-state index in [4.69, 9.17) is 0 Å². The van der Waals surface area contributed by atoms with Gasteiger partial charge in [-0.2, -0.15) is 0 Å². The van der Waals surface area contributed by atoms with Gasteiger partial charge in [0.15, 0.2) is 0 Å². The lowest BCUT2D eigenvalue weighted by Gasteiger charge is -2.37. The highest BCUT2D eigenvalue weighted by Gasteiger charge is 2.33. The Balaban J connectivity index is 1.61. The quantitative estimate of drug-likeness (QED) is 0.898. The Morgan fingerprint density at radius 3 is 2.56 bits per heavy atom. The molecule has 1 aromatic rings. The summed E-state index contributed by atoms with van der Waals surface area (Å²) >= 11 is 0. The van der Waals surface area contributed by atoms with E-state index in [9.17, 15) is 9.59 Å². The van der Waals surface area contributed by atoms with Crippen molar-refractivity contribution in [3.8, 4) is 0 Å². The summed E-state index contributed by atoms with van der Waals surface area (Å²) in [6.07, 6.45) is 2.71. The van der Waals surface area contributed by atoms with Gasteiger partial charge in [0.05, 0.1) is 6.04 Å². The maximum Gasteiger partial charge on any atom is 0.317 e. The van der Waals surface area contributed by atoms with Crippen molar-refractivity contribution in [2.24, 2.45) is 5.92 Å². The Labute approximate surface area is 150 Å². The molecule has 25 heavy (non-hydrogen) atoms. The van der Waals surface area contributed by atoms with Gasteiger partial charge in [-0.25, -0.2) is 4.79 Å². The molecule has 3 amide bonds. The average molecular weight is 343 g/mol. The standard InChI is InChI=1S/C20H29N3O2/c1-13-5-6-16-12-14(2)19(18(16)11-13)21-20(25)23-9-7-17(8-10-23)22(4)15(3)24/h5-6,11,14,17,19H,7-10,12H2,1-4H3,(H,21,25)/t14-,19-/m0/s1. The number of aryl methyl sites for hydroxylation is 1. The third-order valence-electron chi connectivity index (χ3n) is 5.82. The number of likely N-dealkylation sites (tertiary alicyclic amines) is 1. The van der Waals surface area contributed by atoms with Crippen LogP contribution in [-0.4, -0.2) is 47.9 Å². The maximum absolute atomic E-state index is 12.7. The monoisotopic (exact) mass is 343 g/mol. The van der Waals surface area contributed by atoms with Crippen LogP contribution in [0, 0.1) is 12.8 Å². The number of hydrogen-bond acceptors (Lipinski definition) is 2. The maximum atomic E-state index is 12.7. The van der Waals surface area contributed by atoms with Crippen molar-refractivity contribution in [2.75, 3.05) is 20.1 Å². The largest absolute Gasteiger partial charge is 0.343 e. The van der Waals surface area contributed by atoms with E-state index in [1.165, 1.54) is 16.7 Å². The predicted molar refractivity (Wildman–Crippen MR) is 98.4 cm³/mol. The molecule has 1 fully saturated rings. The molecule has 2 aliphatic rings. The fraction of sp³-hybridized carbons (Fsp3) is 0.600. The summed E-state index contributed by atoms with van der Waals surface area (Å²) in [5.41, 5.74) is 3.86. The molecule has 0 spiro atoms. The van der Waals surface area contributed by atoms with Crippen LogP contribution in [0.3, 0.4) is 0 Å². The Morgan fingerprint density at radius 1 is 1.24 bits per heavy atom. The summed E-state index contributed by atoms with van der Waals surface area (Å²) in [7, 11) is 1.85. The fourth-order valence-corrected chi connectivity index (χ4v) is 4.12. The molecule has 0 bridgehead atoms. The van der Waals surface area contributed by atoms with Crippen molar-refractivity contribution in [3.63, 3.8) is 0 Å². The van der Waals surface area contributed by atoms with Crippen LogP contribution in [0.15, 0.2) is 18.2 Å². The first-order valence-corrected chi connectivity index (χ1v) is 9.25. The third kappa shape index (κ3) is 3.65. The van der Waals surface area contributed by atoms with Gasteiger partial charge in [0.1, 0.15) is 0 Å². The molecule has 136 valence electrons. The van der Waals surface area contributed by atoms with E-state index in [0.717, 1.165) is 19.3 Å². The van der Waals surface area contributed by atoms with Crippen LogP contribution < -0.4 is 5.32 Å². The minimum absolute atomic E-state index is 0.0233. The first-order chi connectivity index (χ1) is 11.9. The van der Waals surface area contributed by atoms with Crippen molar-refractivity contribution in [1.82, 2.24) is 15.1 Å². The van der Waals surface area contributed by atoms with Crippen LogP contribution in [0.4, 0.5) is 4.79 Å². The van der Waals surface area contributed by atoms with Gasteiger partial charge in [0.2, 0.25) is 5.91 Å². The van der Waals surface area contributed by atoms with Crippen LogP contribution in [0.5, 0.6) is 0 Å². The summed E-state index contributed by atoms with van der Waals surface area (Å²) in [6, 6.07) is 6.91. The van der Waals surface area contributed by atoms with E-state index in [1.807, 2.05) is 11.9 Å². The summed E-state index contributed by atoms with van der Waals surface area (Å²) < 4.78 is 0. The predicted octanol–water partition coefficient (Wildman–Crippen LogP) is 2.88. The van der Waals surface area contributed by atoms with E-state index >= 15 is 0 Å². The van der Waals surface area contributed by atoms with E-state index in [2.05, 4.69) is 37.4 Å². The highest BCUT2D eigenvalue weighted by atomic mass is 16.2. The SMILES string of the molecule is CC(=O)N(C)C1CCN(C(=O)N[C@@H]2c3cc(C)ccc3C[C@@H]2C)CC1. The zero-order valence-corrected chi connectivity index (χ0v) is 15.7. The number of hydrogen-bond donors (Lipinski definition) is 1. The Morgan fingerprint density at radius 2 is 1.92 bits per heavy atom. The fourth-order valence-electron chi connectivity index (χ4n) is 4.12. The molecule has 1 aromatic carbocycles. The lowest BCUT2D eigenvalue weighted by Crippen LogP contribution is -2.50. The topological polar surface area (TPSA) is 52.7 Å². The van der Waals surface area contributed by atoms with Gasteiger partial charge < -0.3 is 15.1 Å². The van der Waals surface area contributed by atoms with Gasteiger partial charge in [0.25, 0.3) is 0 Å². The van der Waals surface area contributed by atoms with E-state index in [-0.39, 0.29) is 24.0 Å². The molecule has 5 heteroatoms. The molecule has 5 nitrogen and oxygen atoms in total. The third-order valence-corrected chi connectivity index (χ3v) is 5.82. The van der Waals surface area contributed by atoms with Crippen molar-refractivity contribution in [1.29, 1.82) is 0 Å². The minimum atomic E-state index is 0.0233. The summed E-state index contributed by atoms with van der Waals surface area (Å²) in [4.78, 5) is 27.9. The number of nitrogens with one attached hydrogen (secondary N) is 1. The number of carbonyl (C=O) groups is 2. The van der Waals surface area contributed by atoms with Crippen molar-refractivity contribution in [2.45, 2.75) is 52.1 Å². The number of benzene rings is 1. The molecule has 1 aliphatic carbocycles. The Kier molecular flexibility index (Phi) is 5.02. The molecule has 1 aliphatic heterocycles.